The van der Waals surface area contributed by atoms with E-state index in [-0.39, 0.29) is 0 Å². The maximum absolute atomic E-state index is 4.38. The van der Waals surface area contributed by atoms with Gasteiger partial charge in [-0.15, -0.1) is 0 Å². The first kappa shape index (κ1) is 13.0. The van der Waals surface area contributed by atoms with E-state index in [9.17, 15) is 0 Å². The molecule has 1 saturated carbocycles. The Morgan fingerprint density at radius 3 is 2.74 bits per heavy atom. The Balaban J connectivity index is 1.66. The van der Waals surface area contributed by atoms with Gasteiger partial charge in [0.2, 0.25) is 0 Å². The van der Waals surface area contributed by atoms with Gasteiger partial charge in [0.05, 0.1) is 6.54 Å². The summed E-state index contributed by atoms with van der Waals surface area (Å²) in [4.78, 5) is 11.4. The van der Waals surface area contributed by atoms with Gasteiger partial charge in [-0.1, -0.05) is 19.3 Å². The third-order valence-corrected chi connectivity index (χ3v) is 4.56. The molecule has 1 aliphatic heterocycles. The predicted molar refractivity (Wildman–Crippen MR) is 75.7 cm³/mol. The van der Waals surface area contributed by atoms with Gasteiger partial charge >= 0.3 is 0 Å². The highest BCUT2D eigenvalue weighted by Gasteiger charge is 2.30. The van der Waals surface area contributed by atoms with Gasteiger partial charge in [-0.3, -0.25) is 4.90 Å². The molecule has 1 aliphatic carbocycles. The summed E-state index contributed by atoms with van der Waals surface area (Å²) in [6.45, 7) is 4.26. The number of nitrogens with zero attached hydrogens (tertiary/aromatic N) is 3. The molecule has 1 saturated heterocycles. The standard InChI is InChI=1S/C15H24N4/c1-2-5-13(6-3-1)14-11-16-9-10-19(14)12-15-17-7-4-8-18-15/h4,7-8,13-14,16H,1-3,5-6,9-12H2. The molecule has 0 amide bonds. The van der Waals surface area contributed by atoms with E-state index < -0.39 is 0 Å². The second-order valence-electron chi connectivity index (χ2n) is 5.81. The minimum atomic E-state index is 0.679. The molecule has 0 radical (unpaired) electrons. The third kappa shape index (κ3) is 3.31. The molecule has 104 valence electrons. The smallest absolute Gasteiger partial charge is 0.142 e. The Kier molecular flexibility index (Phi) is 4.41. The average molecular weight is 260 g/mol. The molecule has 2 heterocycles. The van der Waals surface area contributed by atoms with Gasteiger partial charge in [0.15, 0.2) is 0 Å². The Morgan fingerprint density at radius 2 is 1.95 bits per heavy atom. The van der Waals surface area contributed by atoms with E-state index in [4.69, 9.17) is 0 Å². The molecule has 1 atom stereocenters. The second-order valence-corrected chi connectivity index (χ2v) is 5.81. The predicted octanol–water partition coefficient (Wildman–Crippen LogP) is 1.83. The zero-order valence-corrected chi connectivity index (χ0v) is 11.6. The molecule has 2 aliphatic rings. The summed E-state index contributed by atoms with van der Waals surface area (Å²) >= 11 is 0. The summed E-state index contributed by atoms with van der Waals surface area (Å²) in [7, 11) is 0. The number of hydrogen-bond acceptors (Lipinski definition) is 4. The number of rotatable bonds is 3. The van der Waals surface area contributed by atoms with Crippen LogP contribution in [-0.4, -0.2) is 40.5 Å². The first-order valence-electron chi connectivity index (χ1n) is 7.64. The monoisotopic (exact) mass is 260 g/mol. The van der Waals surface area contributed by atoms with Gasteiger partial charge in [0.1, 0.15) is 5.82 Å². The quantitative estimate of drug-likeness (QED) is 0.900. The van der Waals surface area contributed by atoms with Gasteiger partial charge in [-0.05, 0) is 24.8 Å². The van der Waals surface area contributed by atoms with Gasteiger partial charge in [0, 0.05) is 38.1 Å². The summed E-state index contributed by atoms with van der Waals surface area (Å²) in [5, 5.41) is 3.57. The van der Waals surface area contributed by atoms with Gasteiger partial charge in [0.25, 0.3) is 0 Å². The fraction of sp³-hybridized carbons (Fsp3) is 0.733. The van der Waals surface area contributed by atoms with Crippen molar-refractivity contribution in [2.24, 2.45) is 5.92 Å². The molecule has 4 heteroatoms. The number of hydrogen-bond donors (Lipinski definition) is 1. The lowest BCUT2D eigenvalue weighted by molar-refractivity contribution is 0.0836. The van der Waals surface area contributed by atoms with Crippen LogP contribution in [0.2, 0.25) is 0 Å². The van der Waals surface area contributed by atoms with Crippen molar-refractivity contribution < 1.29 is 0 Å². The normalized spacial score (nSPS) is 26.4. The maximum Gasteiger partial charge on any atom is 0.142 e. The largest absolute Gasteiger partial charge is 0.314 e. The molecule has 0 bridgehead atoms. The van der Waals surface area contributed by atoms with Crippen molar-refractivity contribution in [3.8, 4) is 0 Å². The third-order valence-electron chi connectivity index (χ3n) is 4.56. The Labute approximate surface area is 115 Å². The van der Waals surface area contributed by atoms with E-state index in [1.54, 1.807) is 0 Å². The fourth-order valence-electron chi connectivity index (χ4n) is 3.54. The molecule has 1 aromatic rings. The van der Waals surface area contributed by atoms with Crippen molar-refractivity contribution in [2.75, 3.05) is 19.6 Å². The number of piperazine rings is 1. The van der Waals surface area contributed by atoms with E-state index in [1.807, 2.05) is 18.5 Å². The van der Waals surface area contributed by atoms with E-state index in [1.165, 1.54) is 32.1 Å². The van der Waals surface area contributed by atoms with Crippen molar-refractivity contribution in [1.82, 2.24) is 20.2 Å². The Morgan fingerprint density at radius 1 is 1.16 bits per heavy atom. The van der Waals surface area contributed by atoms with Crippen LogP contribution in [0.3, 0.4) is 0 Å². The Hall–Kier alpha value is -1.00. The van der Waals surface area contributed by atoms with Crippen LogP contribution in [0.4, 0.5) is 0 Å². The van der Waals surface area contributed by atoms with E-state index in [0.29, 0.717) is 6.04 Å². The zero-order valence-electron chi connectivity index (χ0n) is 11.6. The lowest BCUT2D eigenvalue weighted by atomic mass is 9.82. The Bertz CT molecular complexity index is 375. The zero-order chi connectivity index (χ0) is 12.9. The fourth-order valence-corrected chi connectivity index (χ4v) is 3.54. The summed E-state index contributed by atoms with van der Waals surface area (Å²) in [6.07, 6.45) is 10.8. The molecule has 4 nitrogen and oxygen atoms in total. The van der Waals surface area contributed by atoms with E-state index in [0.717, 1.165) is 37.9 Å². The molecule has 1 N–H and O–H groups in total. The van der Waals surface area contributed by atoms with Crippen LogP contribution in [0.1, 0.15) is 37.9 Å². The van der Waals surface area contributed by atoms with Crippen molar-refractivity contribution in [2.45, 2.75) is 44.7 Å². The molecule has 19 heavy (non-hydrogen) atoms. The van der Waals surface area contributed by atoms with Gasteiger partial charge in [-0.25, -0.2) is 9.97 Å². The van der Waals surface area contributed by atoms with E-state index >= 15 is 0 Å². The van der Waals surface area contributed by atoms with Gasteiger partial charge in [-0.2, -0.15) is 0 Å². The van der Waals surface area contributed by atoms with Crippen LogP contribution < -0.4 is 5.32 Å². The average Bonchev–Trinajstić information content (AvgIpc) is 2.50. The highest BCUT2D eigenvalue weighted by atomic mass is 15.2. The molecular weight excluding hydrogens is 236 g/mol. The molecule has 0 aromatic carbocycles. The van der Waals surface area contributed by atoms with Crippen molar-refractivity contribution in [3.63, 3.8) is 0 Å². The highest BCUT2D eigenvalue weighted by molar-refractivity contribution is 4.93. The van der Waals surface area contributed by atoms with Crippen LogP contribution in [0.5, 0.6) is 0 Å². The molecule has 0 spiro atoms. The van der Waals surface area contributed by atoms with Crippen LogP contribution >= 0.6 is 0 Å². The highest BCUT2D eigenvalue weighted by Crippen LogP contribution is 2.30. The molecule has 3 rings (SSSR count). The van der Waals surface area contributed by atoms with Crippen LogP contribution in [0, 0.1) is 5.92 Å². The summed E-state index contributed by atoms with van der Waals surface area (Å²) in [6, 6.07) is 2.57. The SMILES string of the molecule is c1cnc(CN2CCNCC2C2CCCCC2)nc1. The second kappa shape index (κ2) is 6.44. The van der Waals surface area contributed by atoms with Crippen LogP contribution in [0.15, 0.2) is 18.5 Å². The van der Waals surface area contributed by atoms with Crippen LogP contribution in [-0.2, 0) is 6.54 Å². The van der Waals surface area contributed by atoms with Crippen molar-refractivity contribution in [1.29, 1.82) is 0 Å². The molecular formula is C15H24N4. The van der Waals surface area contributed by atoms with Crippen molar-refractivity contribution >= 4 is 0 Å². The van der Waals surface area contributed by atoms with Crippen LogP contribution in [0.25, 0.3) is 0 Å². The first-order chi connectivity index (χ1) is 9.43. The minimum Gasteiger partial charge on any atom is -0.314 e. The number of nitrogens with one attached hydrogen (secondary N) is 1. The first-order valence-corrected chi connectivity index (χ1v) is 7.64. The summed E-state index contributed by atoms with van der Waals surface area (Å²) in [5.41, 5.74) is 0. The lowest BCUT2D eigenvalue weighted by Crippen LogP contribution is -2.54. The topological polar surface area (TPSA) is 41.1 Å². The molecule has 2 fully saturated rings. The van der Waals surface area contributed by atoms with Gasteiger partial charge < -0.3 is 5.32 Å². The maximum atomic E-state index is 4.38. The van der Waals surface area contributed by atoms with E-state index in [2.05, 4.69) is 20.2 Å². The summed E-state index contributed by atoms with van der Waals surface area (Å²) in [5.74, 6) is 1.83. The van der Waals surface area contributed by atoms with Crippen molar-refractivity contribution in [3.05, 3.63) is 24.3 Å². The lowest BCUT2D eigenvalue weighted by Gasteiger charge is -2.41. The minimum absolute atomic E-state index is 0.679. The molecule has 1 aromatic heterocycles. The number of aromatic nitrogens is 2. The molecule has 1 unspecified atom stereocenters. The summed E-state index contributed by atoms with van der Waals surface area (Å²) < 4.78 is 0.